The Labute approximate surface area is 141 Å². The van der Waals surface area contributed by atoms with Crippen molar-refractivity contribution >= 4 is 23.7 Å². The Morgan fingerprint density at radius 1 is 1.25 bits per heavy atom. The fourth-order valence-electron chi connectivity index (χ4n) is 3.25. The molecule has 136 valence electrons. The number of nitrogens with zero attached hydrogens (tertiary/aromatic N) is 2. The maximum atomic E-state index is 12.8. The predicted octanol–water partition coefficient (Wildman–Crippen LogP) is -0.888. The zero-order chi connectivity index (χ0) is 18.4. The molecule has 1 aliphatic rings. The van der Waals surface area contributed by atoms with Crippen molar-refractivity contribution in [3.8, 4) is 0 Å². The lowest BCUT2D eigenvalue weighted by molar-refractivity contribution is -0.142. The molecule has 9 heteroatoms. The van der Waals surface area contributed by atoms with Gasteiger partial charge in [-0.25, -0.2) is 4.99 Å². The third-order valence-electron chi connectivity index (χ3n) is 4.37. The number of nitrogens with one attached hydrogen (secondary N) is 1. The highest BCUT2D eigenvalue weighted by Gasteiger charge is 2.45. The molecular formula is C15H27N5O4. The first-order chi connectivity index (χ1) is 11.2. The summed E-state index contributed by atoms with van der Waals surface area (Å²) in [7, 11) is 0. The van der Waals surface area contributed by atoms with Crippen LogP contribution in [-0.4, -0.2) is 58.9 Å². The molecule has 1 saturated carbocycles. The summed E-state index contributed by atoms with van der Waals surface area (Å²) in [4.78, 5) is 41.4. The number of guanidine groups is 1. The van der Waals surface area contributed by atoms with Gasteiger partial charge in [-0.3, -0.25) is 14.4 Å². The Kier molecular flexibility index (Phi) is 6.99. The van der Waals surface area contributed by atoms with Gasteiger partial charge >= 0.3 is 5.97 Å². The van der Waals surface area contributed by atoms with Crippen LogP contribution < -0.4 is 16.8 Å². The molecule has 2 amide bonds. The molecule has 1 fully saturated rings. The fourth-order valence-corrected chi connectivity index (χ4v) is 3.25. The van der Waals surface area contributed by atoms with Crippen LogP contribution in [0.25, 0.3) is 0 Å². The van der Waals surface area contributed by atoms with Gasteiger partial charge in [0.25, 0.3) is 0 Å². The highest BCUT2D eigenvalue weighted by Crippen LogP contribution is 2.36. The van der Waals surface area contributed by atoms with Crippen molar-refractivity contribution in [1.82, 2.24) is 10.2 Å². The first kappa shape index (κ1) is 19.7. The number of carboxylic acid groups (broad SMARTS) is 1. The number of carbonyl (C=O) groups is 3. The monoisotopic (exact) mass is 341 g/mol. The number of hydrogen-bond acceptors (Lipinski definition) is 4. The number of aliphatic carboxylic acids is 1. The molecule has 6 N–H and O–H groups in total. The minimum Gasteiger partial charge on any atom is -0.481 e. The van der Waals surface area contributed by atoms with E-state index in [1.54, 1.807) is 4.90 Å². The largest absolute Gasteiger partial charge is 0.481 e. The highest BCUT2D eigenvalue weighted by molar-refractivity contribution is 5.87. The van der Waals surface area contributed by atoms with Crippen LogP contribution in [0.15, 0.2) is 4.99 Å². The van der Waals surface area contributed by atoms with Crippen LogP contribution in [0.4, 0.5) is 0 Å². The first-order valence-corrected chi connectivity index (χ1v) is 8.08. The van der Waals surface area contributed by atoms with Crippen molar-refractivity contribution in [2.24, 2.45) is 28.3 Å². The maximum Gasteiger partial charge on any atom is 0.306 e. The molecule has 0 aromatic heterocycles. The molecule has 0 aromatic carbocycles. The zero-order valence-electron chi connectivity index (χ0n) is 14.4. The smallest absolute Gasteiger partial charge is 0.306 e. The number of amides is 2. The standard InChI is InChI=1S/C15H27N5O4/c1-4-20(5-2)13(22)12(18-8(3)21)10-6-9(14(23)24)7-11(10)19-15(16)17/h9-12H,4-7H2,1-3H3,(H,18,21)(H,23,24)(H4,16,17,19)/t9?,10-,11-,12?/m1/s1. The van der Waals surface area contributed by atoms with E-state index in [9.17, 15) is 19.5 Å². The van der Waals surface area contributed by atoms with E-state index >= 15 is 0 Å². The second kappa shape index (κ2) is 8.51. The summed E-state index contributed by atoms with van der Waals surface area (Å²) in [5.41, 5.74) is 10.9. The summed E-state index contributed by atoms with van der Waals surface area (Å²) < 4.78 is 0. The van der Waals surface area contributed by atoms with Gasteiger partial charge in [0.15, 0.2) is 5.96 Å². The van der Waals surface area contributed by atoms with Gasteiger partial charge in [-0.2, -0.15) is 0 Å². The summed E-state index contributed by atoms with van der Waals surface area (Å²) >= 11 is 0. The Morgan fingerprint density at radius 2 is 1.83 bits per heavy atom. The Balaban J connectivity index is 3.16. The minimum absolute atomic E-state index is 0.159. The van der Waals surface area contributed by atoms with Crippen molar-refractivity contribution in [3.63, 3.8) is 0 Å². The highest BCUT2D eigenvalue weighted by atomic mass is 16.4. The lowest BCUT2D eigenvalue weighted by atomic mass is 9.92. The van der Waals surface area contributed by atoms with Crippen molar-refractivity contribution in [2.75, 3.05) is 13.1 Å². The SMILES string of the molecule is CCN(CC)C(=O)C(NC(C)=O)[C@@H]1CC(C(=O)O)C[C@H]1N=C(N)N. The molecule has 0 bridgehead atoms. The van der Waals surface area contributed by atoms with Gasteiger partial charge in [-0.15, -0.1) is 0 Å². The maximum absolute atomic E-state index is 12.8. The molecule has 0 aromatic rings. The number of hydrogen-bond donors (Lipinski definition) is 4. The lowest BCUT2D eigenvalue weighted by Crippen LogP contribution is -2.53. The average molecular weight is 341 g/mol. The van der Waals surface area contributed by atoms with Crippen LogP contribution in [0, 0.1) is 11.8 Å². The third kappa shape index (κ3) is 4.84. The van der Waals surface area contributed by atoms with Crippen LogP contribution >= 0.6 is 0 Å². The normalized spacial score (nSPS) is 24.0. The second-order valence-electron chi connectivity index (χ2n) is 5.98. The third-order valence-corrected chi connectivity index (χ3v) is 4.37. The molecule has 2 unspecified atom stereocenters. The predicted molar refractivity (Wildman–Crippen MR) is 89.0 cm³/mol. The summed E-state index contributed by atoms with van der Waals surface area (Å²) in [6, 6.07) is -1.37. The molecule has 0 heterocycles. The number of carbonyl (C=O) groups excluding carboxylic acids is 2. The Bertz CT molecular complexity index is 514. The average Bonchev–Trinajstić information content (AvgIpc) is 2.88. The van der Waals surface area contributed by atoms with E-state index < -0.39 is 29.9 Å². The van der Waals surface area contributed by atoms with Gasteiger partial charge in [-0.1, -0.05) is 0 Å². The molecule has 0 aliphatic heterocycles. The van der Waals surface area contributed by atoms with Crippen molar-refractivity contribution in [2.45, 2.75) is 45.7 Å². The van der Waals surface area contributed by atoms with E-state index in [1.165, 1.54) is 6.92 Å². The Hall–Kier alpha value is -2.32. The van der Waals surface area contributed by atoms with Gasteiger partial charge in [0.1, 0.15) is 6.04 Å². The lowest BCUT2D eigenvalue weighted by Gasteiger charge is -2.31. The van der Waals surface area contributed by atoms with E-state index in [4.69, 9.17) is 11.5 Å². The molecule has 1 rings (SSSR count). The molecular weight excluding hydrogens is 314 g/mol. The second-order valence-corrected chi connectivity index (χ2v) is 5.98. The quantitative estimate of drug-likeness (QED) is 0.348. The van der Waals surface area contributed by atoms with E-state index in [-0.39, 0.29) is 30.6 Å². The summed E-state index contributed by atoms with van der Waals surface area (Å²) in [5, 5.41) is 12.0. The number of carboxylic acids is 1. The number of rotatable bonds is 7. The van der Waals surface area contributed by atoms with E-state index in [0.717, 1.165) is 0 Å². The fraction of sp³-hybridized carbons (Fsp3) is 0.733. The van der Waals surface area contributed by atoms with Gasteiger partial charge < -0.3 is 26.8 Å². The summed E-state index contributed by atoms with van der Waals surface area (Å²) in [5.74, 6) is -2.84. The van der Waals surface area contributed by atoms with Gasteiger partial charge in [0.2, 0.25) is 11.8 Å². The van der Waals surface area contributed by atoms with Crippen LogP contribution in [0.3, 0.4) is 0 Å². The number of nitrogens with two attached hydrogens (primary N) is 2. The minimum atomic E-state index is -0.954. The molecule has 9 nitrogen and oxygen atoms in total. The topological polar surface area (TPSA) is 151 Å². The van der Waals surface area contributed by atoms with E-state index in [0.29, 0.717) is 13.1 Å². The molecule has 4 atom stereocenters. The molecule has 1 aliphatic carbocycles. The molecule has 24 heavy (non-hydrogen) atoms. The van der Waals surface area contributed by atoms with E-state index in [2.05, 4.69) is 10.3 Å². The molecule has 0 spiro atoms. The molecule has 0 radical (unpaired) electrons. The van der Waals surface area contributed by atoms with Gasteiger partial charge in [0.05, 0.1) is 12.0 Å². The number of aliphatic imine (C=N–C) groups is 1. The zero-order valence-corrected chi connectivity index (χ0v) is 14.4. The van der Waals surface area contributed by atoms with Crippen LogP contribution in [-0.2, 0) is 14.4 Å². The summed E-state index contributed by atoms with van der Waals surface area (Å²) in [6.07, 6.45) is 0.467. The van der Waals surface area contributed by atoms with Crippen molar-refractivity contribution < 1.29 is 19.5 Å². The summed E-state index contributed by atoms with van der Waals surface area (Å²) in [6.45, 7) is 5.99. The van der Waals surface area contributed by atoms with Crippen LogP contribution in [0.5, 0.6) is 0 Å². The first-order valence-electron chi connectivity index (χ1n) is 8.08. The van der Waals surface area contributed by atoms with Crippen LogP contribution in [0.1, 0.15) is 33.6 Å². The van der Waals surface area contributed by atoms with Crippen LogP contribution in [0.2, 0.25) is 0 Å². The molecule has 0 saturated heterocycles. The van der Waals surface area contributed by atoms with E-state index in [1.807, 2.05) is 13.8 Å². The van der Waals surface area contributed by atoms with Gasteiger partial charge in [0, 0.05) is 25.9 Å². The van der Waals surface area contributed by atoms with Crippen molar-refractivity contribution in [3.05, 3.63) is 0 Å². The van der Waals surface area contributed by atoms with Crippen molar-refractivity contribution in [1.29, 1.82) is 0 Å². The Morgan fingerprint density at radius 3 is 2.25 bits per heavy atom. The van der Waals surface area contributed by atoms with Gasteiger partial charge in [-0.05, 0) is 26.7 Å². The number of likely N-dealkylation sites (N-methyl/N-ethyl adjacent to an activating group) is 1.